The van der Waals surface area contributed by atoms with Gasteiger partial charge in [0.15, 0.2) is 9.84 Å². The van der Waals surface area contributed by atoms with Crippen LogP contribution in [0.15, 0.2) is 12.1 Å². The molecule has 1 aromatic carbocycles. The van der Waals surface area contributed by atoms with E-state index in [1.807, 2.05) is 0 Å². The zero-order chi connectivity index (χ0) is 25.9. The van der Waals surface area contributed by atoms with E-state index >= 15 is 0 Å². The fraction of sp³-hybridized carbons (Fsp3) is 0.793. The molecular weight excluding hydrogens is 506 g/mol. The second-order valence-corrected chi connectivity index (χ2v) is 14.6. The minimum absolute atomic E-state index is 0. The molecule has 0 amide bonds. The van der Waals surface area contributed by atoms with Gasteiger partial charge in [-0.15, -0.1) is 12.4 Å². The molecule has 1 aromatic rings. The number of halogens is 1. The van der Waals surface area contributed by atoms with Crippen molar-refractivity contribution < 1.29 is 13.2 Å². The van der Waals surface area contributed by atoms with Gasteiger partial charge in [0.1, 0.15) is 5.75 Å². The van der Waals surface area contributed by atoms with Crippen LogP contribution in [0.25, 0.3) is 0 Å². The molecule has 2 aliphatic heterocycles. The summed E-state index contributed by atoms with van der Waals surface area (Å²) < 4.78 is 30.1. The van der Waals surface area contributed by atoms with Crippen molar-refractivity contribution in [2.75, 3.05) is 74.2 Å². The largest absolute Gasteiger partial charge is 0.495 e. The maximum Gasteiger partial charge on any atom is 0.153 e. The zero-order valence-electron chi connectivity index (χ0n) is 23.8. The Morgan fingerprint density at radius 1 is 0.892 bits per heavy atom. The molecule has 0 unspecified atom stereocenters. The summed E-state index contributed by atoms with van der Waals surface area (Å²) >= 11 is 0. The van der Waals surface area contributed by atoms with Crippen molar-refractivity contribution >= 4 is 33.6 Å². The molecule has 0 N–H and O–H groups in total. The van der Waals surface area contributed by atoms with Crippen molar-refractivity contribution in [1.82, 2.24) is 4.90 Å². The van der Waals surface area contributed by atoms with Crippen LogP contribution in [0.3, 0.4) is 0 Å². The van der Waals surface area contributed by atoms with Crippen LogP contribution in [0, 0.1) is 11.3 Å². The van der Waals surface area contributed by atoms with E-state index < -0.39 is 9.84 Å². The summed E-state index contributed by atoms with van der Waals surface area (Å²) in [5.41, 5.74) is 4.24. The first-order valence-electron chi connectivity index (χ1n) is 14.3. The minimum atomic E-state index is -2.93. The summed E-state index contributed by atoms with van der Waals surface area (Å²) in [6.45, 7) is 16.1. The number of hydrogen-bond acceptors (Lipinski definition) is 6. The van der Waals surface area contributed by atoms with E-state index in [-0.39, 0.29) is 23.9 Å². The first-order valence-corrected chi connectivity index (χ1v) is 16.1. The number of methoxy groups -OCH3 is 1. The summed E-state index contributed by atoms with van der Waals surface area (Å²) in [7, 11) is -1.18. The van der Waals surface area contributed by atoms with Crippen LogP contribution < -0.4 is 14.5 Å². The topological polar surface area (TPSA) is 53.1 Å². The predicted octanol–water partition coefficient (Wildman–Crippen LogP) is 5.59. The molecule has 0 atom stereocenters. The summed E-state index contributed by atoms with van der Waals surface area (Å²) in [4.78, 5) is 7.42. The molecule has 0 bridgehead atoms. The molecule has 0 aromatic heterocycles. The minimum Gasteiger partial charge on any atom is -0.495 e. The van der Waals surface area contributed by atoms with Crippen molar-refractivity contribution in [1.29, 1.82) is 0 Å². The van der Waals surface area contributed by atoms with Crippen molar-refractivity contribution in [2.45, 2.75) is 72.1 Å². The maximum atomic E-state index is 12.1. The van der Waals surface area contributed by atoms with Crippen LogP contribution >= 0.6 is 12.4 Å². The van der Waals surface area contributed by atoms with Gasteiger partial charge in [-0.3, -0.25) is 4.90 Å². The van der Waals surface area contributed by atoms with E-state index in [9.17, 15) is 8.42 Å². The van der Waals surface area contributed by atoms with Gasteiger partial charge in [-0.05, 0) is 67.5 Å². The molecule has 0 radical (unpaired) electrons. The lowest BCUT2D eigenvalue weighted by Crippen LogP contribution is -2.47. The highest BCUT2D eigenvalue weighted by molar-refractivity contribution is 7.91. The Hall–Kier alpha value is -1.18. The van der Waals surface area contributed by atoms with Gasteiger partial charge in [0.25, 0.3) is 0 Å². The van der Waals surface area contributed by atoms with Crippen molar-refractivity contribution in [2.24, 2.45) is 11.3 Å². The average molecular weight is 556 g/mol. The Kier molecular flexibility index (Phi) is 10.5. The van der Waals surface area contributed by atoms with Crippen LogP contribution in [0.4, 0.5) is 11.4 Å². The maximum absolute atomic E-state index is 12.1. The van der Waals surface area contributed by atoms with E-state index in [2.05, 4.69) is 54.5 Å². The van der Waals surface area contributed by atoms with Crippen LogP contribution in [0.2, 0.25) is 0 Å². The average Bonchev–Trinajstić information content (AvgIpc) is 2.87. The quantitative estimate of drug-likeness (QED) is 0.437. The van der Waals surface area contributed by atoms with Crippen LogP contribution in [-0.2, 0) is 9.84 Å². The highest BCUT2D eigenvalue weighted by atomic mass is 35.5. The number of benzene rings is 1. The monoisotopic (exact) mass is 555 g/mol. The van der Waals surface area contributed by atoms with Crippen LogP contribution in [-0.4, -0.2) is 77.7 Å². The fourth-order valence-electron chi connectivity index (χ4n) is 6.40. The highest BCUT2D eigenvalue weighted by Crippen LogP contribution is 2.48. The Morgan fingerprint density at radius 2 is 1.49 bits per heavy atom. The lowest BCUT2D eigenvalue weighted by molar-refractivity contribution is 0.169. The molecule has 2 heterocycles. The molecule has 3 aliphatic rings. The number of piperazine rings is 1. The number of hydrogen-bond donors (Lipinski definition) is 0. The standard InChI is InChI=1S/C29H49N3O3S.ClH/c1-6-7-12-30-13-15-31(16-14-30)26-22-28(35-5)27(32-17-19-36(33,34)20-18-32)21-25(26)23-8-10-24(11-9-23)29(2,3)4;/h21-24H,6-20H2,1-5H3;1H. The Morgan fingerprint density at radius 3 is 2.03 bits per heavy atom. The Bertz CT molecular complexity index is 965. The van der Waals surface area contributed by atoms with Gasteiger partial charge >= 0.3 is 0 Å². The predicted molar refractivity (Wildman–Crippen MR) is 159 cm³/mol. The van der Waals surface area contributed by atoms with Crippen LogP contribution in [0.5, 0.6) is 5.75 Å². The van der Waals surface area contributed by atoms with Gasteiger partial charge in [0.05, 0.1) is 24.3 Å². The van der Waals surface area contributed by atoms with E-state index in [1.165, 1.54) is 56.3 Å². The van der Waals surface area contributed by atoms with E-state index in [1.54, 1.807) is 7.11 Å². The summed E-state index contributed by atoms with van der Waals surface area (Å²) in [6, 6.07) is 4.64. The first kappa shape index (κ1) is 30.4. The molecule has 0 spiro atoms. The third kappa shape index (κ3) is 7.48. The molecule has 2 saturated heterocycles. The lowest BCUT2D eigenvalue weighted by Gasteiger charge is -2.41. The molecule has 1 saturated carbocycles. The van der Waals surface area contributed by atoms with Gasteiger partial charge in [-0.25, -0.2) is 8.42 Å². The summed E-state index contributed by atoms with van der Waals surface area (Å²) in [5.74, 6) is 2.66. The Balaban J connectivity index is 0.00000380. The van der Waals surface area contributed by atoms with E-state index in [4.69, 9.17) is 4.74 Å². The van der Waals surface area contributed by atoms with Gasteiger partial charge in [-0.2, -0.15) is 0 Å². The zero-order valence-corrected chi connectivity index (χ0v) is 25.4. The SMILES string of the molecule is CCCCN1CCN(c2cc(OC)c(N3CCS(=O)(=O)CC3)cc2C2CCC(C(C)(C)C)CC2)CC1.Cl. The van der Waals surface area contributed by atoms with Gasteiger partial charge in [0, 0.05) is 51.0 Å². The summed E-state index contributed by atoms with van der Waals surface area (Å²) in [5, 5.41) is 0. The van der Waals surface area contributed by atoms with Gasteiger partial charge < -0.3 is 14.5 Å². The third-order valence-corrected chi connectivity index (χ3v) is 10.6. The Labute approximate surface area is 232 Å². The van der Waals surface area contributed by atoms with E-state index in [0.29, 0.717) is 24.4 Å². The number of anilines is 2. The fourth-order valence-corrected chi connectivity index (χ4v) is 7.60. The van der Waals surface area contributed by atoms with Crippen molar-refractivity contribution in [3.05, 3.63) is 17.7 Å². The number of unbranched alkanes of at least 4 members (excludes halogenated alkanes) is 1. The van der Waals surface area contributed by atoms with Crippen molar-refractivity contribution in [3.63, 3.8) is 0 Å². The molecular formula is C29H50ClN3O3S. The normalized spacial score (nSPS) is 25.0. The lowest BCUT2D eigenvalue weighted by atomic mass is 9.68. The molecule has 8 heteroatoms. The second kappa shape index (κ2) is 12.8. The summed E-state index contributed by atoms with van der Waals surface area (Å²) in [6.07, 6.45) is 7.54. The molecule has 1 aliphatic carbocycles. The molecule has 6 nitrogen and oxygen atoms in total. The van der Waals surface area contributed by atoms with Crippen LogP contribution in [0.1, 0.15) is 77.7 Å². The highest BCUT2D eigenvalue weighted by Gasteiger charge is 2.33. The molecule has 3 fully saturated rings. The number of ether oxygens (including phenoxy) is 1. The smallest absolute Gasteiger partial charge is 0.153 e. The van der Waals surface area contributed by atoms with Gasteiger partial charge in [-0.1, -0.05) is 34.1 Å². The number of nitrogens with zero attached hydrogens (tertiary/aromatic N) is 3. The molecule has 4 rings (SSSR count). The molecule has 37 heavy (non-hydrogen) atoms. The first-order chi connectivity index (χ1) is 17.1. The number of rotatable bonds is 7. The van der Waals surface area contributed by atoms with Gasteiger partial charge in [0.2, 0.25) is 0 Å². The van der Waals surface area contributed by atoms with E-state index in [0.717, 1.165) is 43.5 Å². The second-order valence-electron chi connectivity index (χ2n) is 12.3. The number of sulfone groups is 1. The third-order valence-electron chi connectivity index (χ3n) is 8.95. The van der Waals surface area contributed by atoms with Crippen molar-refractivity contribution in [3.8, 4) is 5.75 Å². The molecule has 212 valence electrons.